The van der Waals surface area contributed by atoms with Crippen molar-refractivity contribution in [3.63, 3.8) is 0 Å². The van der Waals surface area contributed by atoms with Crippen LogP contribution in [0.1, 0.15) is 27.4 Å². The fourth-order valence-corrected chi connectivity index (χ4v) is 1.87. The van der Waals surface area contributed by atoms with Gasteiger partial charge in [0.25, 0.3) is 0 Å². The van der Waals surface area contributed by atoms with Gasteiger partial charge in [-0.3, -0.25) is 9.59 Å². The molecule has 6 heteroatoms. The van der Waals surface area contributed by atoms with Gasteiger partial charge in [-0.05, 0) is 24.3 Å². The number of hydrogen-bond acceptors (Lipinski definition) is 4. The minimum atomic E-state index is -0.457. The monoisotopic (exact) mass is 294 g/mol. The van der Waals surface area contributed by atoms with E-state index in [-0.39, 0.29) is 22.8 Å². The molecule has 0 aliphatic carbocycles. The van der Waals surface area contributed by atoms with Crippen molar-refractivity contribution in [2.45, 2.75) is 6.42 Å². The quantitative estimate of drug-likeness (QED) is 0.641. The molecule has 0 bridgehead atoms. The Morgan fingerprint density at radius 1 is 1.05 bits per heavy atom. The lowest BCUT2D eigenvalue weighted by Crippen LogP contribution is -2.11. The summed E-state index contributed by atoms with van der Waals surface area (Å²) in [6.07, 6.45) is 2.54. The maximum Gasteiger partial charge on any atom is 0.207 e. The van der Waals surface area contributed by atoms with Gasteiger partial charge in [0, 0.05) is 23.0 Å². The van der Waals surface area contributed by atoms with Gasteiger partial charge in [0.15, 0.2) is 11.6 Å². The second-order valence-corrected chi connectivity index (χ2v) is 4.56. The molecule has 2 rings (SSSR count). The molecule has 0 radical (unpaired) electrons. The molecule has 1 aromatic carbocycles. The number of carbonyl (C=O) groups is 2. The zero-order chi connectivity index (χ0) is 13.8. The van der Waals surface area contributed by atoms with Crippen molar-refractivity contribution in [3.05, 3.63) is 58.1 Å². The van der Waals surface area contributed by atoms with Crippen LogP contribution in [0.4, 0.5) is 0 Å². The van der Waals surface area contributed by atoms with Crippen LogP contribution in [0.2, 0.25) is 10.0 Å². The van der Waals surface area contributed by atoms with Gasteiger partial charge in [0.05, 0.1) is 11.4 Å². The Bertz CT molecular complexity index is 630. The maximum absolute atomic E-state index is 12.0. The fraction of sp³-hybridized carbons (Fsp3) is 0.0769. The summed E-state index contributed by atoms with van der Waals surface area (Å²) in [5, 5.41) is 0.646. The van der Waals surface area contributed by atoms with Crippen LogP contribution >= 0.6 is 23.2 Å². The molecule has 0 spiro atoms. The number of rotatable bonds is 4. The molecule has 0 N–H and O–H groups in total. The Labute approximate surface area is 119 Å². The van der Waals surface area contributed by atoms with Crippen molar-refractivity contribution < 1.29 is 9.59 Å². The highest BCUT2D eigenvalue weighted by molar-refractivity contribution is 6.36. The normalized spacial score (nSPS) is 10.2. The molecular weight excluding hydrogens is 287 g/mol. The lowest BCUT2D eigenvalue weighted by atomic mass is 10.1. The van der Waals surface area contributed by atoms with E-state index < -0.39 is 11.6 Å². The molecule has 0 fully saturated rings. The smallest absolute Gasteiger partial charge is 0.207 e. The molecule has 1 aromatic heterocycles. The summed E-state index contributed by atoms with van der Waals surface area (Å²) in [5.74, 6) is -0.861. The number of halogens is 2. The summed E-state index contributed by atoms with van der Waals surface area (Å²) in [4.78, 5) is 31.4. The summed E-state index contributed by atoms with van der Waals surface area (Å²) in [7, 11) is 0. The van der Waals surface area contributed by atoms with Crippen LogP contribution in [0.5, 0.6) is 0 Å². The number of carbonyl (C=O) groups excluding carboxylic acids is 2. The van der Waals surface area contributed by atoms with Crippen molar-refractivity contribution >= 4 is 34.8 Å². The Morgan fingerprint density at radius 3 is 2.42 bits per heavy atom. The molecule has 0 unspecified atom stereocenters. The molecule has 2 aromatic rings. The molecule has 1 heterocycles. The summed E-state index contributed by atoms with van der Waals surface area (Å²) < 4.78 is 0. The molecule has 0 saturated heterocycles. The van der Waals surface area contributed by atoms with E-state index in [4.69, 9.17) is 23.2 Å². The summed E-state index contributed by atoms with van der Waals surface area (Å²) in [5.41, 5.74) is 0.221. The molecule has 0 saturated carbocycles. The number of hydrogen-bond donors (Lipinski definition) is 0. The van der Waals surface area contributed by atoms with Gasteiger partial charge in [0.1, 0.15) is 0 Å². The summed E-state index contributed by atoms with van der Waals surface area (Å²) in [6, 6.07) is 6.11. The Kier molecular flexibility index (Phi) is 4.24. The average Bonchev–Trinajstić information content (AvgIpc) is 2.42. The molecular formula is C13H8Cl2N2O2. The molecule has 0 aliphatic rings. The highest BCUT2D eigenvalue weighted by atomic mass is 35.5. The third-order valence-corrected chi connectivity index (χ3v) is 2.93. The van der Waals surface area contributed by atoms with E-state index in [0.717, 1.165) is 0 Å². The summed E-state index contributed by atoms with van der Waals surface area (Å²) in [6.45, 7) is 0. The van der Waals surface area contributed by atoms with E-state index >= 15 is 0 Å². The second kappa shape index (κ2) is 5.91. The van der Waals surface area contributed by atoms with Crippen LogP contribution in [-0.2, 0) is 0 Å². The van der Waals surface area contributed by atoms with Gasteiger partial charge in [-0.15, -0.1) is 0 Å². The van der Waals surface area contributed by atoms with Crippen molar-refractivity contribution in [1.82, 2.24) is 9.97 Å². The Balaban J connectivity index is 2.18. The van der Waals surface area contributed by atoms with E-state index in [1.54, 1.807) is 12.1 Å². The van der Waals surface area contributed by atoms with Crippen LogP contribution in [0.15, 0.2) is 36.7 Å². The number of benzene rings is 1. The predicted octanol–water partition coefficient (Wildman–Crippen LogP) is 3.24. The first-order chi connectivity index (χ1) is 9.08. The van der Waals surface area contributed by atoms with Gasteiger partial charge in [0.2, 0.25) is 5.78 Å². The van der Waals surface area contributed by atoms with Crippen molar-refractivity contribution in [3.8, 4) is 0 Å². The van der Waals surface area contributed by atoms with Gasteiger partial charge in [-0.25, -0.2) is 9.97 Å². The van der Waals surface area contributed by atoms with E-state index in [1.807, 2.05) is 0 Å². The lowest BCUT2D eigenvalue weighted by molar-refractivity contribution is 0.0888. The number of nitrogens with zero attached hydrogens (tertiary/aromatic N) is 2. The zero-order valence-corrected chi connectivity index (χ0v) is 11.1. The van der Waals surface area contributed by atoms with Gasteiger partial charge < -0.3 is 0 Å². The maximum atomic E-state index is 12.0. The van der Waals surface area contributed by atoms with Gasteiger partial charge in [-0.1, -0.05) is 23.2 Å². The minimum Gasteiger partial charge on any atom is -0.294 e. The van der Waals surface area contributed by atoms with E-state index in [2.05, 4.69) is 9.97 Å². The highest BCUT2D eigenvalue weighted by Crippen LogP contribution is 2.22. The fourth-order valence-electron chi connectivity index (χ4n) is 1.47. The van der Waals surface area contributed by atoms with Crippen LogP contribution in [-0.4, -0.2) is 21.5 Å². The van der Waals surface area contributed by atoms with E-state index in [1.165, 1.54) is 24.5 Å². The molecule has 4 nitrogen and oxygen atoms in total. The first-order valence-electron chi connectivity index (χ1n) is 5.36. The van der Waals surface area contributed by atoms with E-state index in [0.29, 0.717) is 5.02 Å². The van der Waals surface area contributed by atoms with E-state index in [9.17, 15) is 9.59 Å². The molecule has 96 valence electrons. The highest BCUT2D eigenvalue weighted by Gasteiger charge is 2.18. The SMILES string of the molecule is O=C(CC(=O)c1cc(Cl)ccc1Cl)c1ncccn1. The van der Waals surface area contributed by atoms with Crippen LogP contribution in [0, 0.1) is 0 Å². The van der Waals surface area contributed by atoms with Crippen LogP contribution in [0.25, 0.3) is 0 Å². The minimum absolute atomic E-state index is 0.00833. The average molecular weight is 295 g/mol. The standard InChI is InChI=1S/C13H8Cl2N2O2/c14-8-2-3-10(15)9(6-8)11(18)7-12(19)13-16-4-1-5-17-13/h1-6H,7H2. The van der Waals surface area contributed by atoms with Gasteiger partial charge in [-0.2, -0.15) is 0 Å². The van der Waals surface area contributed by atoms with Crippen molar-refractivity contribution in [2.75, 3.05) is 0 Å². The zero-order valence-electron chi connectivity index (χ0n) is 9.64. The lowest BCUT2D eigenvalue weighted by Gasteiger charge is -2.03. The second-order valence-electron chi connectivity index (χ2n) is 3.72. The molecule has 0 aliphatic heterocycles. The number of ketones is 2. The largest absolute Gasteiger partial charge is 0.294 e. The Hall–Kier alpha value is -1.78. The van der Waals surface area contributed by atoms with Gasteiger partial charge >= 0.3 is 0 Å². The van der Waals surface area contributed by atoms with Crippen LogP contribution in [0.3, 0.4) is 0 Å². The molecule has 0 atom stereocenters. The van der Waals surface area contributed by atoms with Crippen molar-refractivity contribution in [2.24, 2.45) is 0 Å². The molecule has 19 heavy (non-hydrogen) atoms. The first kappa shape index (κ1) is 13.6. The predicted molar refractivity (Wildman–Crippen MR) is 71.8 cm³/mol. The third-order valence-electron chi connectivity index (χ3n) is 2.37. The number of aromatic nitrogens is 2. The Morgan fingerprint density at radius 2 is 1.74 bits per heavy atom. The topological polar surface area (TPSA) is 59.9 Å². The number of Topliss-reactive ketones (excluding diaryl/α,β-unsaturated/α-hetero) is 2. The summed E-state index contributed by atoms with van der Waals surface area (Å²) >= 11 is 11.7. The van der Waals surface area contributed by atoms with Crippen molar-refractivity contribution in [1.29, 1.82) is 0 Å². The molecule has 0 amide bonds. The van der Waals surface area contributed by atoms with Crippen LogP contribution < -0.4 is 0 Å². The first-order valence-corrected chi connectivity index (χ1v) is 6.12. The third kappa shape index (κ3) is 3.36.